The van der Waals surface area contributed by atoms with E-state index in [1.54, 1.807) is 12.1 Å². The van der Waals surface area contributed by atoms with E-state index in [9.17, 15) is 14.4 Å². The molecule has 0 bridgehead atoms. The molecule has 2 amide bonds. The summed E-state index contributed by atoms with van der Waals surface area (Å²) in [5.41, 5.74) is 1.57. The minimum absolute atomic E-state index is 0.0690. The highest BCUT2D eigenvalue weighted by atomic mass is 16.4. The number of carboxylic acids is 1. The average molecular weight is 330 g/mol. The first kappa shape index (κ1) is 16.5. The fraction of sp³-hybridized carbons (Fsp3) is 0.500. The molecule has 2 atom stereocenters. The lowest BCUT2D eigenvalue weighted by molar-refractivity contribution is -0.141. The quantitative estimate of drug-likeness (QED) is 0.862. The van der Waals surface area contributed by atoms with Crippen molar-refractivity contribution in [3.8, 4) is 0 Å². The van der Waals surface area contributed by atoms with Crippen LogP contribution in [0.25, 0.3) is 0 Å². The van der Waals surface area contributed by atoms with Gasteiger partial charge in [0.15, 0.2) is 0 Å². The summed E-state index contributed by atoms with van der Waals surface area (Å²) >= 11 is 0. The summed E-state index contributed by atoms with van der Waals surface area (Å²) in [4.78, 5) is 36.7. The highest BCUT2D eigenvalue weighted by molar-refractivity contribution is 5.94. The summed E-state index contributed by atoms with van der Waals surface area (Å²) in [6, 6.07) is 7.19. The smallest absolute Gasteiger partial charge is 0.306 e. The van der Waals surface area contributed by atoms with Crippen LogP contribution in [-0.2, 0) is 16.1 Å². The molecule has 1 saturated carbocycles. The summed E-state index contributed by atoms with van der Waals surface area (Å²) in [5.74, 6) is -1.12. The number of nitrogens with one attached hydrogen (secondary N) is 1. The van der Waals surface area contributed by atoms with Gasteiger partial charge in [-0.05, 0) is 43.4 Å². The molecule has 24 heavy (non-hydrogen) atoms. The Morgan fingerprint density at radius 3 is 2.54 bits per heavy atom. The summed E-state index contributed by atoms with van der Waals surface area (Å²) in [6.45, 7) is 1.39. The maximum atomic E-state index is 12.3. The van der Waals surface area contributed by atoms with Gasteiger partial charge in [0.25, 0.3) is 5.91 Å². The van der Waals surface area contributed by atoms with Crippen molar-refractivity contribution in [3.63, 3.8) is 0 Å². The molecule has 1 aliphatic carbocycles. The molecule has 2 N–H and O–H groups in total. The standard InChI is InChI=1S/C18H22N2O4/c21-16-2-1-9-20(16)11-12-3-5-13(6-4-12)17(22)19-15-8-7-14(10-15)18(23)24/h3-6,14-15H,1-2,7-11H2,(H,19,22)(H,23,24)/t14-,15+/m0/s1. The van der Waals surface area contributed by atoms with Crippen LogP contribution in [0.4, 0.5) is 0 Å². The maximum Gasteiger partial charge on any atom is 0.306 e. The molecular formula is C18H22N2O4. The van der Waals surface area contributed by atoms with E-state index < -0.39 is 5.97 Å². The Bertz CT molecular complexity index is 641. The predicted molar refractivity (Wildman–Crippen MR) is 87.3 cm³/mol. The van der Waals surface area contributed by atoms with Gasteiger partial charge in [-0.25, -0.2) is 0 Å². The zero-order chi connectivity index (χ0) is 17.1. The van der Waals surface area contributed by atoms with E-state index in [1.807, 2.05) is 17.0 Å². The highest BCUT2D eigenvalue weighted by Crippen LogP contribution is 2.26. The van der Waals surface area contributed by atoms with Crippen LogP contribution < -0.4 is 5.32 Å². The topological polar surface area (TPSA) is 86.7 Å². The van der Waals surface area contributed by atoms with Crippen LogP contribution in [0, 0.1) is 5.92 Å². The normalized spacial score (nSPS) is 23.5. The first-order valence-electron chi connectivity index (χ1n) is 8.43. The number of amides is 2. The van der Waals surface area contributed by atoms with Crippen LogP contribution in [0.2, 0.25) is 0 Å². The maximum absolute atomic E-state index is 12.3. The SMILES string of the molecule is O=C(N[C@@H]1CC[C@H](C(=O)O)C1)c1ccc(CN2CCCC2=O)cc1. The minimum atomic E-state index is -0.785. The molecule has 2 aliphatic rings. The Kier molecular flexibility index (Phi) is 4.83. The fourth-order valence-electron chi connectivity index (χ4n) is 3.46. The minimum Gasteiger partial charge on any atom is -0.481 e. The van der Waals surface area contributed by atoms with Crippen molar-refractivity contribution in [2.75, 3.05) is 6.54 Å². The molecule has 6 heteroatoms. The van der Waals surface area contributed by atoms with E-state index in [1.165, 1.54) is 0 Å². The van der Waals surface area contributed by atoms with Crippen LogP contribution in [-0.4, -0.2) is 40.4 Å². The second kappa shape index (κ2) is 7.03. The number of rotatable bonds is 5. The number of aliphatic carboxylic acids is 1. The Balaban J connectivity index is 1.54. The van der Waals surface area contributed by atoms with Gasteiger partial charge >= 0.3 is 5.97 Å². The van der Waals surface area contributed by atoms with E-state index in [-0.39, 0.29) is 23.8 Å². The van der Waals surface area contributed by atoms with Gasteiger partial charge in [-0.1, -0.05) is 12.1 Å². The van der Waals surface area contributed by atoms with E-state index in [0.29, 0.717) is 37.8 Å². The molecule has 1 aliphatic heterocycles. The van der Waals surface area contributed by atoms with Gasteiger partial charge in [0.2, 0.25) is 5.91 Å². The average Bonchev–Trinajstić information content (AvgIpc) is 3.18. The molecule has 2 fully saturated rings. The van der Waals surface area contributed by atoms with Crippen molar-refractivity contribution in [3.05, 3.63) is 35.4 Å². The first-order valence-corrected chi connectivity index (χ1v) is 8.43. The lowest BCUT2D eigenvalue weighted by atomic mass is 10.1. The molecule has 1 saturated heterocycles. The van der Waals surface area contributed by atoms with Gasteiger partial charge in [0, 0.05) is 31.1 Å². The van der Waals surface area contributed by atoms with Gasteiger partial charge in [0.1, 0.15) is 0 Å². The third-order valence-electron chi connectivity index (χ3n) is 4.88. The van der Waals surface area contributed by atoms with Gasteiger partial charge in [-0.3, -0.25) is 14.4 Å². The van der Waals surface area contributed by atoms with Gasteiger partial charge in [-0.15, -0.1) is 0 Å². The largest absolute Gasteiger partial charge is 0.481 e. The second-order valence-corrected chi connectivity index (χ2v) is 6.63. The molecule has 1 aromatic carbocycles. The van der Waals surface area contributed by atoms with Crippen molar-refractivity contribution in [1.29, 1.82) is 0 Å². The van der Waals surface area contributed by atoms with Crippen molar-refractivity contribution in [2.24, 2.45) is 5.92 Å². The van der Waals surface area contributed by atoms with Crippen molar-refractivity contribution < 1.29 is 19.5 Å². The number of carboxylic acid groups (broad SMARTS) is 1. The lowest BCUT2D eigenvalue weighted by Crippen LogP contribution is -2.33. The first-order chi connectivity index (χ1) is 11.5. The van der Waals surface area contributed by atoms with Crippen molar-refractivity contribution in [2.45, 2.75) is 44.7 Å². The summed E-state index contributed by atoms with van der Waals surface area (Å²) in [6.07, 6.45) is 3.36. The number of likely N-dealkylation sites (tertiary alicyclic amines) is 1. The number of benzene rings is 1. The van der Waals surface area contributed by atoms with Gasteiger partial charge < -0.3 is 15.3 Å². The molecule has 128 valence electrons. The molecular weight excluding hydrogens is 308 g/mol. The molecule has 0 radical (unpaired) electrons. The monoisotopic (exact) mass is 330 g/mol. The zero-order valence-electron chi connectivity index (χ0n) is 13.5. The molecule has 0 spiro atoms. The van der Waals surface area contributed by atoms with Crippen LogP contribution in [0.5, 0.6) is 0 Å². The lowest BCUT2D eigenvalue weighted by Gasteiger charge is -2.16. The Labute approximate surface area is 140 Å². The number of hydrogen-bond donors (Lipinski definition) is 2. The number of nitrogens with zero attached hydrogens (tertiary/aromatic N) is 1. The van der Waals surface area contributed by atoms with E-state index in [4.69, 9.17) is 5.11 Å². The zero-order valence-corrected chi connectivity index (χ0v) is 13.5. The van der Waals surface area contributed by atoms with Gasteiger partial charge in [0.05, 0.1) is 5.92 Å². The third kappa shape index (κ3) is 3.75. The van der Waals surface area contributed by atoms with Crippen molar-refractivity contribution >= 4 is 17.8 Å². The molecule has 6 nitrogen and oxygen atoms in total. The molecule has 3 rings (SSSR count). The summed E-state index contributed by atoms with van der Waals surface area (Å²) in [5, 5.41) is 11.9. The van der Waals surface area contributed by atoms with E-state index in [2.05, 4.69) is 5.32 Å². The molecule has 1 aromatic rings. The van der Waals surface area contributed by atoms with E-state index in [0.717, 1.165) is 18.5 Å². The Morgan fingerprint density at radius 2 is 1.96 bits per heavy atom. The highest BCUT2D eigenvalue weighted by Gasteiger charge is 2.30. The number of carbonyl (C=O) groups excluding carboxylic acids is 2. The summed E-state index contributed by atoms with van der Waals surface area (Å²) in [7, 11) is 0. The second-order valence-electron chi connectivity index (χ2n) is 6.63. The Hall–Kier alpha value is -2.37. The number of hydrogen-bond acceptors (Lipinski definition) is 3. The van der Waals surface area contributed by atoms with Crippen molar-refractivity contribution in [1.82, 2.24) is 10.2 Å². The van der Waals surface area contributed by atoms with Gasteiger partial charge in [-0.2, -0.15) is 0 Å². The third-order valence-corrected chi connectivity index (χ3v) is 4.88. The summed E-state index contributed by atoms with van der Waals surface area (Å²) < 4.78 is 0. The van der Waals surface area contributed by atoms with E-state index >= 15 is 0 Å². The van der Waals surface area contributed by atoms with Crippen LogP contribution >= 0.6 is 0 Å². The molecule has 0 aromatic heterocycles. The molecule has 1 heterocycles. The number of carbonyl (C=O) groups is 3. The Morgan fingerprint density at radius 1 is 1.21 bits per heavy atom. The predicted octanol–water partition coefficient (Wildman–Crippen LogP) is 1.79. The molecule has 0 unspecified atom stereocenters. The van der Waals surface area contributed by atoms with Crippen LogP contribution in [0.3, 0.4) is 0 Å². The van der Waals surface area contributed by atoms with Crippen LogP contribution in [0.15, 0.2) is 24.3 Å². The fourth-order valence-corrected chi connectivity index (χ4v) is 3.46. The van der Waals surface area contributed by atoms with Crippen LogP contribution in [0.1, 0.15) is 48.0 Å².